The fourth-order valence-electron chi connectivity index (χ4n) is 2.65. The van der Waals surface area contributed by atoms with Crippen LogP contribution in [0, 0.1) is 18.3 Å². The van der Waals surface area contributed by atoms with Crippen molar-refractivity contribution in [1.29, 1.82) is 5.26 Å². The van der Waals surface area contributed by atoms with E-state index in [1.165, 1.54) is 6.08 Å². The summed E-state index contributed by atoms with van der Waals surface area (Å²) in [6.45, 7) is 1.83. The van der Waals surface area contributed by atoms with Crippen molar-refractivity contribution in [3.05, 3.63) is 75.9 Å². The van der Waals surface area contributed by atoms with Crippen molar-refractivity contribution in [3.63, 3.8) is 0 Å². The van der Waals surface area contributed by atoms with E-state index >= 15 is 0 Å². The van der Waals surface area contributed by atoms with E-state index < -0.39 is 0 Å². The Morgan fingerprint density at radius 1 is 1.23 bits per heavy atom. The number of ether oxygens (including phenoxy) is 1. The molecule has 0 saturated carbocycles. The first kappa shape index (κ1) is 17.7. The molecule has 4 nitrogen and oxygen atoms in total. The second-order valence-corrected chi connectivity index (χ2v) is 6.10. The number of rotatable bonds is 4. The summed E-state index contributed by atoms with van der Waals surface area (Å²) in [5.41, 5.74) is 2.52. The van der Waals surface area contributed by atoms with Gasteiger partial charge in [-0.25, -0.2) is 4.98 Å². The summed E-state index contributed by atoms with van der Waals surface area (Å²) in [6, 6.07) is 16.3. The van der Waals surface area contributed by atoms with Crippen LogP contribution in [0.5, 0.6) is 5.75 Å². The zero-order chi connectivity index (χ0) is 18.7. The van der Waals surface area contributed by atoms with Crippen molar-refractivity contribution >= 4 is 34.4 Å². The molecule has 128 valence electrons. The van der Waals surface area contributed by atoms with Crippen LogP contribution < -0.4 is 4.74 Å². The summed E-state index contributed by atoms with van der Waals surface area (Å²) in [7, 11) is 1.58. The predicted octanol–water partition coefficient (Wildman–Crippen LogP) is 5.00. The number of hydrogen-bond donors (Lipinski definition) is 0. The van der Waals surface area contributed by atoms with Gasteiger partial charge < -0.3 is 4.74 Å². The average Bonchev–Trinajstić information content (AvgIpc) is 2.65. The lowest BCUT2D eigenvalue weighted by molar-refractivity contribution is 0.103. The highest BCUT2D eigenvalue weighted by Gasteiger charge is 2.15. The lowest BCUT2D eigenvalue weighted by atomic mass is 9.98. The van der Waals surface area contributed by atoms with Gasteiger partial charge in [-0.1, -0.05) is 35.9 Å². The molecule has 0 saturated heterocycles. The van der Waals surface area contributed by atoms with Gasteiger partial charge in [-0.15, -0.1) is 0 Å². The molecule has 0 atom stereocenters. The lowest BCUT2D eigenvalue weighted by Gasteiger charge is -2.06. The van der Waals surface area contributed by atoms with E-state index in [0.29, 0.717) is 22.4 Å². The third kappa shape index (κ3) is 3.44. The molecule has 0 aliphatic carbocycles. The van der Waals surface area contributed by atoms with Crippen molar-refractivity contribution in [1.82, 2.24) is 4.98 Å². The molecule has 2 aromatic carbocycles. The molecule has 26 heavy (non-hydrogen) atoms. The topological polar surface area (TPSA) is 63.0 Å². The number of allylic oxidation sites excluding steroid dienone is 1. The molecular formula is C21H15ClN2O2. The summed E-state index contributed by atoms with van der Waals surface area (Å²) in [5.74, 6) is 0.348. The van der Waals surface area contributed by atoms with Gasteiger partial charge in [0.2, 0.25) is 5.78 Å². The van der Waals surface area contributed by atoms with Crippen LogP contribution in [0.25, 0.3) is 17.0 Å². The molecule has 0 bridgehead atoms. The molecule has 0 radical (unpaired) electrons. The summed E-state index contributed by atoms with van der Waals surface area (Å²) < 4.78 is 5.22. The highest BCUT2D eigenvalue weighted by atomic mass is 35.5. The van der Waals surface area contributed by atoms with Gasteiger partial charge in [-0.3, -0.25) is 4.79 Å². The zero-order valence-electron chi connectivity index (χ0n) is 14.3. The maximum Gasteiger partial charge on any atom is 0.203 e. The molecule has 0 unspecified atom stereocenters. The Hall–Kier alpha value is -3.16. The smallest absolute Gasteiger partial charge is 0.203 e. The zero-order valence-corrected chi connectivity index (χ0v) is 15.0. The van der Waals surface area contributed by atoms with E-state index in [9.17, 15) is 10.1 Å². The van der Waals surface area contributed by atoms with Gasteiger partial charge in [0, 0.05) is 16.5 Å². The number of Topliss-reactive ketones (excluding diaryl/α,β-unsaturated/α-hetero) is 1. The van der Waals surface area contributed by atoms with E-state index in [-0.39, 0.29) is 16.5 Å². The first-order valence-corrected chi connectivity index (χ1v) is 8.27. The number of carbonyl (C=O) groups is 1. The highest BCUT2D eigenvalue weighted by molar-refractivity contribution is 6.31. The monoisotopic (exact) mass is 362 g/mol. The minimum Gasteiger partial charge on any atom is -0.497 e. The maximum absolute atomic E-state index is 12.7. The molecule has 0 amide bonds. The normalized spacial score (nSPS) is 11.2. The van der Waals surface area contributed by atoms with Gasteiger partial charge >= 0.3 is 0 Å². The van der Waals surface area contributed by atoms with E-state index in [1.807, 2.05) is 31.2 Å². The van der Waals surface area contributed by atoms with Crippen LogP contribution in [0.4, 0.5) is 0 Å². The van der Waals surface area contributed by atoms with Crippen LogP contribution in [0.1, 0.15) is 21.5 Å². The molecule has 3 rings (SSSR count). The van der Waals surface area contributed by atoms with Gasteiger partial charge in [0.25, 0.3) is 0 Å². The van der Waals surface area contributed by atoms with Crippen molar-refractivity contribution in [2.24, 2.45) is 0 Å². The lowest BCUT2D eigenvalue weighted by Crippen LogP contribution is -2.04. The number of pyridine rings is 1. The Morgan fingerprint density at radius 3 is 2.69 bits per heavy atom. The van der Waals surface area contributed by atoms with Crippen LogP contribution in [0.2, 0.25) is 5.15 Å². The number of benzene rings is 2. The summed E-state index contributed by atoms with van der Waals surface area (Å²) in [4.78, 5) is 17.0. The van der Waals surface area contributed by atoms with Crippen molar-refractivity contribution in [2.75, 3.05) is 7.11 Å². The third-order valence-corrected chi connectivity index (χ3v) is 4.36. The van der Waals surface area contributed by atoms with E-state index in [1.54, 1.807) is 37.4 Å². The fourth-order valence-corrected chi connectivity index (χ4v) is 2.85. The molecule has 1 aromatic heterocycles. The van der Waals surface area contributed by atoms with E-state index in [0.717, 1.165) is 10.9 Å². The quantitative estimate of drug-likeness (QED) is 0.284. The number of halogens is 1. The van der Waals surface area contributed by atoms with Crippen LogP contribution in [-0.2, 0) is 0 Å². The van der Waals surface area contributed by atoms with Crippen LogP contribution in [0.15, 0.2) is 54.1 Å². The summed E-state index contributed by atoms with van der Waals surface area (Å²) in [5, 5.41) is 10.5. The minimum absolute atomic E-state index is 0.00486. The molecule has 0 spiro atoms. The standard InChI is InChI=1S/C21H15ClN2O2/c1-13-5-3-4-6-18(13)20(25)16(12-23)10-15-9-14-11-17(26-2)7-8-19(14)24-21(15)22/h3-11H,1-2H3/b16-10+. The number of aryl methyl sites for hydroxylation is 1. The molecule has 0 aliphatic rings. The second-order valence-electron chi connectivity index (χ2n) is 5.74. The van der Waals surface area contributed by atoms with Crippen LogP contribution in [0.3, 0.4) is 0 Å². The number of fused-ring (bicyclic) bond motifs is 1. The van der Waals surface area contributed by atoms with E-state index in [4.69, 9.17) is 16.3 Å². The summed E-state index contributed by atoms with van der Waals surface area (Å²) >= 11 is 6.25. The van der Waals surface area contributed by atoms with Crippen molar-refractivity contribution in [2.45, 2.75) is 6.92 Å². The number of hydrogen-bond acceptors (Lipinski definition) is 4. The van der Waals surface area contributed by atoms with Gasteiger partial charge in [0.05, 0.1) is 12.6 Å². The Balaban J connectivity index is 2.09. The molecule has 0 N–H and O–H groups in total. The number of nitriles is 1. The van der Waals surface area contributed by atoms with E-state index in [2.05, 4.69) is 4.98 Å². The van der Waals surface area contributed by atoms with Gasteiger partial charge in [0.1, 0.15) is 22.5 Å². The number of nitrogens with zero attached hydrogens (tertiary/aromatic N) is 2. The molecule has 0 aliphatic heterocycles. The second kappa shape index (κ2) is 7.38. The third-order valence-electron chi connectivity index (χ3n) is 4.06. The Kier molecular flexibility index (Phi) is 5.01. The molecule has 3 aromatic rings. The number of aromatic nitrogens is 1. The van der Waals surface area contributed by atoms with Gasteiger partial charge in [-0.05, 0) is 42.8 Å². The average molecular weight is 363 g/mol. The maximum atomic E-state index is 12.7. The largest absolute Gasteiger partial charge is 0.497 e. The van der Waals surface area contributed by atoms with Crippen LogP contribution >= 0.6 is 11.6 Å². The van der Waals surface area contributed by atoms with Crippen LogP contribution in [-0.4, -0.2) is 17.9 Å². The number of carbonyl (C=O) groups excluding carboxylic acids is 1. The summed E-state index contributed by atoms with van der Waals surface area (Å²) in [6.07, 6.45) is 1.48. The Morgan fingerprint density at radius 2 is 2.00 bits per heavy atom. The number of ketones is 1. The first-order valence-electron chi connectivity index (χ1n) is 7.90. The minimum atomic E-state index is -0.340. The van der Waals surface area contributed by atoms with Crippen molar-refractivity contribution < 1.29 is 9.53 Å². The number of methoxy groups -OCH3 is 1. The van der Waals surface area contributed by atoms with Gasteiger partial charge in [-0.2, -0.15) is 5.26 Å². The highest BCUT2D eigenvalue weighted by Crippen LogP contribution is 2.26. The molecular weight excluding hydrogens is 348 g/mol. The first-order chi connectivity index (χ1) is 12.5. The molecule has 1 heterocycles. The fraction of sp³-hybridized carbons (Fsp3) is 0.0952. The van der Waals surface area contributed by atoms with Gasteiger partial charge in [0.15, 0.2) is 0 Å². The predicted molar refractivity (Wildman–Crippen MR) is 102 cm³/mol. The van der Waals surface area contributed by atoms with Crippen molar-refractivity contribution in [3.8, 4) is 11.8 Å². The Labute approximate surface area is 156 Å². The molecule has 5 heteroatoms. The SMILES string of the molecule is COc1ccc2nc(Cl)c(/C=C(\C#N)C(=O)c3ccccc3C)cc2c1. The Bertz CT molecular complexity index is 1080. The molecule has 0 fully saturated rings.